The Hall–Kier alpha value is -0.410. The van der Waals surface area contributed by atoms with E-state index < -0.39 is 0 Å². The van der Waals surface area contributed by atoms with Crippen LogP contribution in [0.2, 0.25) is 0 Å². The average Bonchev–Trinajstić information content (AvgIpc) is 2.46. The summed E-state index contributed by atoms with van der Waals surface area (Å²) in [5.41, 5.74) is 1.24. The van der Waals surface area contributed by atoms with E-state index in [1.54, 1.807) is 11.3 Å². The highest BCUT2D eigenvalue weighted by molar-refractivity contribution is 7.11. The topological polar surface area (TPSA) is 33.1 Å². The summed E-state index contributed by atoms with van der Waals surface area (Å²) in [6.45, 7) is 2.37. The highest BCUT2D eigenvalue weighted by Crippen LogP contribution is 2.29. The number of fused-ring (bicyclic) bond motifs is 1. The number of aromatic nitrogens is 1. The third-order valence-electron chi connectivity index (χ3n) is 2.36. The second kappa shape index (κ2) is 3.15. The van der Waals surface area contributed by atoms with Crippen LogP contribution in [0.1, 0.15) is 28.9 Å². The molecule has 1 aromatic rings. The Bertz CT molecular complexity index is 282. The molecule has 0 aliphatic heterocycles. The Morgan fingerprint density at radius 1 is 1.67 bits per heavy atom. The molecule has 12 heavy (non-hydrogen) atoms. The lowest BCUT2D eigenvalue weighted by atomic mass is 9.93. The molecule has 0 aromatic carbocycles. The molecule has 66 valence electrons. The van der Waals surface area contributed by atoms with Crippen LogP contribution in [0, 0.1) is 5.92 Å². The Labute approximate surface area is 76.3 Å². The molecule has 0 radical (unpaired) electrons. The summed E-state index contributed by atoms with van der Waals surface area (Å²) in [5, 5.41) is 9.78. The summed E-state index contributed by atoms with van der Waals surface area (Å²) in [6, 6.07) is 0. The van der Waals surface area contributed by atoms with Crippen molar-refractivity contribution in [3.8, 4) is 0 Å². The Morgan fingerprint density at radius 3 is 3.25 bits per heavy atom. The second-order valence-electron chi connectivity index (χ2n) is 3.48. The van der Waals surface area contributed by atoms with Crippen molar-refractivity contribution in [1.29, 1.82) is 0 Å². The van der Waals surface area contributed by atoms with Gasteiger partial charge in [-0.15, -0.1) is 11.3 Å². The maximum Gasteiger partial charge on any atom is 0.119 e. The van der Waals surface area contributed by atoms with Crippen molar-refractivity contribution in [2.75, 3.05) is 0 Å². The fourth-order valence-corrected chi connectivity index (χ4v) is 2.64. The SMILES string of the molecule is CC1CCc2sc(CO)nc2C1. The summed E-state index contributed by atoms with van der Waals surface area (Å²) in [6.07, 6.45) is 3.54. The van der Waals surface area contributed by atoms with Crippen LogP contribution in [0.4, 0.5) is 0 Å². The molecule has 0 saturated heterocycles. The van der Waals surface area contributed by atoms with Crippen molar-refractivity contribution in [2.45, 2.75) is 32.8 Å². The van der Waals surface area contributed by atoms with Gasteiger partial charge >= 0.3 is 0 Å². The number of aliphatic hydroxyl groups excluding tert-OH is 1. The van der Waals surface area contributed by atoms with Crippen LogP contribution in [-0.2, 0) is 19.4 Å². The normalized spacial score (nSPS) is 22.3. The molecular weight excluding hydrogens is 170 g/mol. The number of nitrogens with zero attached hydrogens (tertiary/aromatic N) is 1. The molecule has 1 atom stereocenters. The van der Waals surface area contributed by atoms with Gasteiger partial charge in [0.05, 0.1) is 12.3 Å². The first-order valence-electron chi connectivity index (χ1n) is 4.38. The van der Waals surface area contributed by atoms with Crippen molar-refractivity contribution in [3.05, 3.63) is 15.6 Å². The summed E-state index contributed by atoms with van der Waals surface area (Å²) in [4.78, 5) is 5.79. The van der Waals surface area contributed by atoms with E-state index in [9.17, 15) is 0 Å². The summed E-state index contributed by atoms with van der Waals surface area (Å²) in [7, 11) is 0. The quantitative estimate of drug-likeness (QED) is 0.719. The highest BCUT2D eigenvalue weighted by Gasteiger charge is 2.18. The lowest BCUT2D eigenvalue weighted by Crippen LogP contribution is -2.09. The van der Waals surface area contributed by atoms with Gasteiger partial charge in [-0.3, -0.25) is 0 Å². The fourth-order valence-electron chi connectivity index (χ4n) is 1.67. The summed E-state index contributed by atoms with van der Waals surface area (Å²) >= 11 is 1.68. The van der Waals surface area contributed by atoms with E-state index in [-0.39, 0.29) is 6.61 Å². The van der Waals surface area contributed by atoms with E-state index in [0.717, 1.165) is 23.8 Å². The molecule has 1 aliphatic rings. The Kier molecular flexibility index (Phi) is 2.15. The van der Waals surface area contributed by atoms with E-state index in [1.807, 2.05) is 0 Å². The number of hydrogen-bond acceptors (Lipinski definition) is 3. The maximum absolute atomic E-state index is 8.90. The largest absolute Gasteiger partial charge is 0.389 e. The van der Waals surface area contributed by atoms with Gasteiger partial charge in [0.2, 0.25) is 0 Å². The third-order valence-corrected chi connectivity index (χ3v) is 3.51. The molecule has 1 aromatic heterocycles. The molecule has 2 rings (SSSR count). The first kappa shape index (κ1) is 8.20. The van der Waals surface area contributed by atoms with Gasteiger partial charge in [0.25, 0.3) is 0 Å². The maximum atomic E-state index is 8.90. The van der Waals surface area contributed by atoms with Crippen molar-refractivity contribution in [3.63, 3.8) is 0 Å². The smallest absolute Gasteiger partial charge is 0.119 e. The standard InChI is InChI=1S/C9H13NOS/c1-6-2-3-8-7(4-6)10-9(5-11)12-8/h6,11H,2-5H2,1H3. The average molecular weight is 183 g/mol. The summed E-state index contributed by atoms with van der Waals surface area (Å²) < 4.78 is 0. The molecule has 1 N–H and O–H groups in total. The van der Waals surface area contributed by atoms with Gasteiger partial charge in [0, 0.05) is 4.88 Å². The van der Waals surface area contributed by atoms with Gasteiger partial charge in [0.15, 0.2) is 0 Å². The second-order valence-corrected chi connectivity index (χ2v) is 4.65. The first-order chi connectivity index (χ1) is 5.79. The molecule has 0 bridgehead atoms. The molecule has 2 nitrogen and oxygen atoms in total. The molecule has 3 heteroatoms. The lowest BCUT2D eigenvalue weighted by molar-refractivity contribution is 0.281. The third kappa shape index (κ3) is 1.39. The fraction of sp³-hybridized carbons (Fsp3) is 0.667. The van der Waals surface area contributed by atoms with Crippen molar-refractivity contribution < 1.29 is 5.11 Å². The highest BCUT2D eigenvalue weighted by atomic mass is 32.1. The van der Waals surface area contributed by atoms with Gasteiger partial charge in [-0.05, 0) is 25.2 Å². The summed E-state index contributed by atoms with van der Waals surface area (Å²) in [5.74, 6) is 0.770. The molecule has 0 saturated carbocycles. The monoisotopic (exact) mass is 183 g/mol. The zero-order valence-electron chi connectivity index (χ0n) is 7.21. The molecule has 0 spiro atoms. The van der Waals surface area contributed by atoms with Gasteiger partial charge in [-0.2, -0.15) is 0 Å². The number of rotatable bonds is 1. The van der Waals surface area contributed by atoms with E-state index in [2.05, 4.69) is 11.9 Å². The van der Waals surface area contributed by atoms with Crippen molar-refractivity contribution >= 4 is 11.3 Å². The molecule has 1 unspecified atom stereocenters. The van der Waals surface area contributed by atoms with E-state index in [1.165, 1.54) is 17.0 Å². The van der Waals surface area contributed by atoms with Crippen LogP contribution in [0.25, 0.3) is 0 Å². The van der Waals surface area contributed by atoms with Crippen LogP contribution in [0.15, 0.2) is 0 Å². The van der Waals surface area contributed by atoms with Crippen molar-refractivity contribution in [2.24, 2.45) is 5.92 Å². The first-order valence-corrected chi connectivity index (χ1v) is 5.19. The predicted octanol–water partition coefficient (Wildman–Crippen LogP) is 1.76. The molecule has 0 fully saturated rings. The zero-order valence-corrected chi connectivity index (χ0v) is 8.02. The van der Waals surface area contributed by atoms with E-state index >= 15 is 0 Å². The Balaban J connectivity index is 2.28. The molecule has 1 aliphatic carbocycles. The van der Waals surface area contributed by atoms with E-state index in [0.29, 0.717) is 0 Å². The van der Waals surface area contributed by atoms with Gasteiger partial charge in [-0.1, -0.05) is 6.92 Å². The number of aryl methyl sites for hydroxylation is 1. The minimum Gasteiger partial charge on any atom is -0.389 e. The minimum atomic E-state index is 0.103. The Morgan fingerprint density at radius 2 is 2.50 bits per heavy atom. The molecular formula is C9H13NOS. The van der Waals surface area contributed by atoms with Crippen LogP contribution in [-0.4, -0.2) is 10.1 Å². The van der Waals surface area contributed by atoms with Gasteiger partial charge < -0.3 is 5.11 Å². The van der Waals surface area contributed by atoms with Gasteiger partial charge in [0.1, 0.15) is 5.01 Å². The zero-order chi connectivity index (χ0) is 8.55. The number of aliphatic hydroxyl groups is 1. The number of thiazole rings is 1. The number of hydrogen-bond donors (Lipinski definition) is 1. The predicted molar refractivity (Wildman–Crippen MR) is 49.2 cm³/mol. The van der Waals surface area contributed by atoms with Crippen LogP contribution < -0.4 is 0 Å². The lowest BCUT2D eigenvalue weighted by Gasteiger charge is -2.15. The van der Waals surface area contributed by atoms with Crippen LogP contribution in [0.3, 0.4) is 0 Å². The van der Waals surface area contributed by atoms with Crippen LogP contribution in [0.5, 0.6) is 0 Å². The molecule has 1 heterocycles. The minimum absolute atomic E-state index is 0.103. The van der Waals surface area contributed by atoms with Crippen LogP contribution >= 0.6 is 11.3 Å². The van der Waals surface area contributed by atoms with E-state index in [4.69, 9.17) is 5.11 Å². The van der Waals surface area contributed by atoms with Crippen molar-refractivity contribution in [1.82, 2.24) is 4.98 Å². The molecule has 0 amide bonds. The van der Waals surface area contributed by atoms with Gasteiger partial charge in [-0.25, -0.2) is 4.98 Å².